The number of rotatable bonds is 11. The predicted octanol–water partition coefficient (Wildman–Crippen LogP) is 5.27. The Kier molecular flexibility index (Phi) is 8.23. The van der Waals surface area contributed by atoms with Crippen molar-refractivity contribution in [2.24, 2.45) is 0 Å². The number of amides is 1. The maximum absolute atomic E-state index is 12.3. The van der Waals surface area contributed by atoms with E-state index in [9.17, 15) is 4.79 Å². The lowest BCUT2D eigenvalue weighted by Crippen LogP contribution is -2.20. The number of anilines is 1. The highest BCUT2D eigenvalue weighted by Crippen LogP contribution is 2.36. The van der Waals surface area contributed by atoms with E-state index < -0.39 is 0 Å². The molecule has 0 spiro atoms. The second-order valence-corrected chi connectivity index (χ2v) is 8.58. The van der Waals surface area contributed by atoms with E-state index in [-0.39, 0.29) is 12.5 Å². The van der Waals surface area contributed by atoms with E-state index in [4.69, 9.17) is 21.1 Å². The molecule has 0 saturated heterocycles. The molecule has 0 bridgehead atoms. The van der Waals surface area contributed by atoms with Gasteiger partial charge in [0, 0.05) is 25.2 Å². The maximum Gasteiger partial charge on any atom is 0.262 e. The summed E-state index contributed by atoms with van der Waals surface area (Å²) >= 11 is 6.51. The van der Waals surface area contributed by atoms with Crippen molar-refractivity contribution in [3.8, 4) is 11.5 Å². The number of carbonyl (C=O) groups is 1. The van der Waals surface area contributed by atoms with Gasteiger partial charge in [0.05, 0.1) is 22.7 Å². The molecule has 182 valence electrons. The quantitative estimate of drug-likeness (QED) is 0.248. The zero-order valence-corrected chi connectivity index (χ0v) is 20.6. The second-order valence-electron chi connectivity index (χ2n) is 8.17. The van der Waals surface area contributed by atoms with Gasteiger partial charge in [0.15, 0.2) is 18.1 Å². The number of carbonyl (C=O) groups excluding carboxylic acids is 1. The Labute approximate surface area is 209 Å². The van der Waals surface area contributed by atoms with Gasteiger partial charge < -0.3 is 25.1 Å². The van der Waals surface area contributed by atoms with Crippen LogP contribution < -0.4 is 20.1 Å². The molecule has 0 aliphatic rings. The highest BCUT2D eigenvalue weighted by Gasteiger charge is 2.15. The summed E-state index contributed by atoms with van der Waals surface area (Å²) < 4.78 is 11.5. The summed E-state index contributed by atoms with van der Waals surface area (Å²) in [6.07, 6.45) is 0.776. The van der Waals surface area contributed by atoms with Gasteiger partial charge in [-0.15, -0.1) is 0 Å². The zero-order valence-electron chi connectivity index (χ0n) is 19.9. The Hall–Kier alpha value is -3.55. The van der Waals surface area contributed by atoms with E-state index >= 15 is 0 Å². The standard InChI is InChI=1S/C27H29ClN4O3/c1-3-34-24-15-19(16-29-13-12-25-31-22-6-4-5-7-23(22)32-25)14-21(28)27(24)35-17-26(33)30-20-10-8-18(2)9-11-20/h4-11,14-15,29H,3,12-13,16-17H2,1-2H3,(H,30,33)(H,31,32). The summed E-state index contributed by atoms with van der Waals surface area (Å²) in [7, 11) is 0. The number of fused-ring (bicyclic) bond motifs is 1. The molecule has 0 atom stereocenters. The smallest absolute Gasteiger partial charge is 0.262 e. The minimum absolute atomic E-state index is 0.178. The summed E-state index contributed by atoms with van der Waals surface area (Å²) in [5.41, 5.74) is 4.80. The highest BCUT2D eigenvalue weighted by molar-refractivity contribution is 6.32. The molecule has 0 saturated carbocycles. The van der Waals surface area contributed by atoms with E-state index in [1.54, 1.807) is 0 Å². The number of nitrogens with zero attached hydrogens (tertiary/aromatic N) is 1. The molecule has 0 unspecified atom stereocenters. The minimum atomic E-state index is -0.274. The van der Waals surface area contributed by atoms with Crippen molar-refractivity contribution in [2.45, 2.75) is 26.8 Å². The molecule has 4 aromatic rings. The van der Waals surface area contributed by atoms with Crippen molar-refractivity contribution in [3.05, 3.63) is 82.6 Å². The third kappa shape index (κ3) is 6.74. The van der Waals surface area contributed by atoms with Gasteiger partial charge in [0.25, 0.3) is 5.91 Å². The highest BCUT2D eigenvalue weighted by atomic mass is 35.5. The van der Waals surface area contributed by atoms with Crippen LogP contribution in [0.2, 0.25) is 5.02 Å². The SMILES string of the molecule is CCOc1cc(CNCCc2nc3ccccc3[nH]2)cc(Cl)c1OCC(=O)Nc1ccc(C)cc1. The van der Waals surface area contributed by atoms with Gasteiger partial charge in [0.1, 0.15) is 5.82 Å². The van der Waals surface area contributed by atoms with Gasteiger partial charge in [-0.1, -0.05) is 41.4 Å². The van der Waals surface area contributed by atoms with Crippen LogP contribution in [0.15, 0.2) is 60.7 Å². The Bertz CT molecular complexity index is 1250. The molecule has 35 heavy (non-hydrogen) atoms. The summed E-state index contributed by atoms with van der Waals surface area (Å²) in [5.74, 6) is 1.54. The lowest BCUT2D eigenvalue weighted by molar-refractivity contribution is -0.118. The number of para-hydroxylation sites is 2. The number of H-pyrrole nitrogens is 1. The Morgan fingerprint density at radius 2 is 1.89 bits per heavy atom. The van der Waals surface area contributed by atoms with Crippen molar-refractivity contribution in [1.82, 2.24) is 15.3 Å². The third-order valence-electron chi connectivity index (χ3n) is 5.36. The van der Waals surface area contributed by atoms with Gasteiger partial charge >= 0.3 is 0 Å². The fraction of sp³-hybridized carbons (Fsp3) is 0.259. The molecule has 3 aromatic carbocycles. The average Bonchev–Trinajstić information content (AvgIpc) is 3.26. The molecule has 0 radical (unpaired) electrons. The summed E-state index contributed by atoms with van der Waals surface area (Å²) in [6, 6.07) is 19.3. The number of nitrogens with one attached hydrogen (secondary N) is 3. The molecular weight excluding hydrogens is 464 g/mol. The van der Waals surface area contributed by atoms with Crippen LogP contribution in [0.4, 0.5) is 5.69 Å². The number of ether oxygens (including phenoxy) is 2. The van der Waals surface area contributed by atoms with E-state index in [0.29, 0.717) is 35.4 Å². The van der Waals surface area contributed by atoms with Crippen LogP contribution in [0.25, 0.3) is 11.0 Å². The number of aromatic amines is 1. The Balaban J connectivity index is 1.32. The first-order chi connectivity index (χ1) is 17.0. The van der Waals surface area contributed by atoms with Crippen molar-refractivity contribution in [3.63, 3.8) is 0 Å². The Morgan fingerprint density at radius 3 is 2.66 bits per heavy atom. The second kappa shape index (κ2) is 11.7. The van der Waals surface area contributed by atoms with Gasteiger partial charge in [-0.05, 0) is 55.8 Å². The topological polar surface area (TPSA) is 88.3 Å². The van der Waals surface area contributed by atoms with Crippen LogP contribution in [0.1, 0.15) is 23.9 Å². The molecular formula is C27H29ClN4O3. The molecule has 0 aliphatic heterocycles. The van der Waals surface area contributed by atoms with E-state index in [0.717, 1.165) is 41.0 Å². The first-order valence-electron chi connectivity index (χ1n) is 11.6. The van der Waals surface area contributed by atoms with E-state index in [1.165, 1.54) is 0 Å². The number of imidazole rings is 1. The molecule has 1 heterocycles. The fourth-order valence-corrected chi connectivity index (χ4v) is 3.95. The van der Waals surface area contributed by atoms with Gasteiger partial charge in [0.2, 0.25) is 0 Å². The van der Waals surface area contributed by atoms with Crippen LogP contribution in [0, 0.1) is 6.92 Å². The van der Waals surface area contributed by atoms with E-state index in [2.05, 4.69) is 20.6 Å². The Morgan fingerprint density at radius 1 is 1.09 bits per heavy atom. The van der Waals surface area contributed by atoms with Crippen molar-refractivity contribution in [2.75, 3.05) is 25.1 Å². The number of halogens is 1. The molecule has 0 fully saturated rings. The molecule has 8 heteroatoms. The van der Waals surface area contributed by atoms with Crippen LogP contribution in [0.3, 0.4) is 0 Å². The zero-order chi connectivity index (χ0) is 24.6. The van der Waals surface area contributed by atoms with Gasteiger partial charge in [-0.2, -0.15) is 0 Å². The lowest BCUT2D eigenvalue weighted by Gasteiger charge is -2.15. The van der Waals surface area contributed by atoms with Gasteiger partial charge in [-0.25, -0.2) is 4.98 Å². The monoisotopic (exact) mass is 492 g/mol. The fourth-order valence-electron chi connectivity index (χ4n) is 3.66. The summed E-state index contributed by atoms with van der Waals surface area (Å²) in [6.45, 7) is 5.51. The number of hydrogen-bond acceptors (Lipinski definition) is 5. The molecule has 1 amide bonds. The first-order valence-corrected chi connectivity index (χ1v) is 12.0. The van der Waals surface area contributed by atoms with Crippen LogP contribution in [-0.4, -0.2) is 35.6 Å². The summed E-state index contributed by atoms with van der Waals surface area (Å²) in [4.78, 5) is 20.3. The van der Waals surface area contributed by atoms with Crippen molar-refractivity contribution in [1.29, 1.82) is 0 Å². The molecule has 1 aromatic heterocycles. The van der Waals surface area contributed by atoms with Gasteiger partial charge in [-0.3, -0.25) is 4.79 Å². The number of hydrogen-bond donors (Lipinski definition) is 3. The largest absolute Gasteiger partial charge is 0.490 e. The average molecular weight is 493 g/mol. The van der Waals surface area contributed by atoms with Crippen LogP contribution >= 0.6 is 11.6 Å². The van der Waals surface area contributed by atoms with E-state index in [1.807, 2.05) is 74.5 Å². The number of aromatic nitrogens is 2. The van der Waals surface area contributed by atoms with Crippen LogP contribution in [-0.2, 0) is 17.8 Å². The van der Waals surface area contributed by atoms with Crippen molar-refractivity contribution >= 4 is 34.2 Å². The summed E-state index contributed by atoms with van der Waals surface area (Å²) in [5, 5.41) is 6.62. The molecule has 0 aliphatic carbocycles. The normalized spacial score (nSPS) is 10.9. The minimum Gasteiger partial charge on any atom is -0.490 e. The third-order valence-corrected chi connectivity index (χ3v) is 5.64. The molecule has 4 rings (SSSR count). The number of benzene rings is 3. The molecule has 3 N–H and O–H groups in total. The maximum atomic E-state index is 12.3. The molecule has 7 nitrogen and oxygen atoms in total. The van der Waals surface area contributed by atoms with Crippen LogP contribution in [0.5, 0.6) is 11.5 Å². The first kappa shape index (κ1) is 24.6. The van der Waals surface area contributed by atoms with Crippen molar-refractivity contribution < 1.29 is 14.3 Å². The predicted molar refractivity (Wildman–Crippen MR) is 139 cm³/mol. The lowest BCUT2D eigenvalue weighted by atomic mass is 10.2. The number of aryl methyl sites for hydroxylation is 1.